The number of imide groups is 1. The molecule has 0 bridgehead atoms. The van der Waals surface area contributed by atoms with Crippen LogP contribution in [0.25, 0.3) is 11.3 Å². The summed E-state index contributed by atoms with van der Waals surface area (Å²) < 4.78 is 0. The Morgan fingerprint density at radius 2 is 1.90 bits per heavy atom. The molecule has 2 heterocycles. The van der Waals surface area contributed by atoms with Crippen LogP contribution in [0.1, 0.15) is 56.1 Å². The Hall–Kier alpha value is -2.74. The molecule has 1 spiro atoms. The lowest BCUT2D eigenvalue weighted by atomic mass is 9.90. The first-order chi connectivity index (χ1) is 15.0. The number of hydrogen-bond donors (Lipinski definition) is 2. The maximum Gasteiger partial charge on any atom is 0.325 e. The van der Waals surface area contributed by atoms with Crippen molar-refractivity contribution in [3.05, 3.63) is 34.7 Å². The molecule has 1 saturated heterocycles. The molecular formula is C23H26N4O3S. The highest BCUT2D eigenvalue weighted by Crippen LogP contribution is 2.35. The lowest BCUT2D eigenvalue weighted by molar-refractivity contribution is -0.131. The molecule has 1 aromatic carbocycles. The third-order valence-electron chi connectivity index (χ3n) is 6.66. The number of urea groups is 1. The summed E-state index contributed by atoms with van der Waals surface area (Å²) in [4.78, 5) is 43.1. The minimum atomic E-state index is -0.730. The van der Waals surface area contributed by atoms with Crippen molar-refractivity contribution in [3.8, 4) is 11.3 Å². The van der Waals surface area contributed by atoms with E-state index in [1.807, 2.05) is 5.38 Å². The summed E-state index contributed by atoms with van der Waals surface area (Å²) in [7, 11) is 0. The highest BCUT2D eigenvalue weighted by molar-refractivity contribution is 7.14. The van der Waals surface area contributed by atoms with Crippen molar-refractivity contribution in [2.45, 2.75) is 63.3 Å². The summed E-state index contributed by atoms with van der Waals surface area (Å²) in [6, 6.07) is 6.12. The Kier molecular flexibility index (Phi) is 5.25. The Bertz CT molecular complexity index is 1040. The third kappa shape index (κ3) is 3.84. The van der Waals surface area contributed by atoms with Crippen LogP contribution in [0, 0.1) is 0 Å². The second-order valence-corrected chi connectivity index (χ2v) is 9.56. The number of aromatic nitrogens is 1. The molecule has 7 nitrogen and oxygen atoms in total. The highest BCUT2D eigenvalue weighted by atomic mass is 32.1. The van der Waals surface area contributed by atoms with Gasteiger partial charge in [0.1, 0.15) is 5.54 Å². The number of benzene rings is 1. The minimum Gasteiger partial charge on any atom is -0.323 e. The summed E-state index contributed by atoms with van der Waals surface area (Å²) in [6.45, 7) is 0.0846. The third-order valence-corrected chi connectivity index (χ3v) is 7.42. The molecule has 4 amide bonds. The van der Waals surface area contributed by atoms with Crippen LogP contribution in [-0.4, -0.2) is 39.8 Å². The highest BCUT2D eigenvalue weighted by Gasteiger charge is 2.52. The van der Waals surface area contributed by atoms with Crippen molar-refractivity contribution in [1.29, 1.82) is 0 Å². The van der Waals surface area contributed by atoms with E-state index in [-0.39, 0.29) is 30.8 Å². The van der Waals surface area contributed by atoms with Crippen LogP contribution in [0.4, 0.5) is 9.93 Å². The summed E-state index contributed by atoms with van der Waals surface area (Å²) in [5.41, 5.74) is 4.02. The van der Waals surface area contributed by atoms with Gasteiger partial charge in [0.05, 0.1) is 5.69 Å². The molecule has 2 N–H and O–H groups in total. The first-order valence-electron chi connectivity index (χ1n) is 11.1. The van der Waals surface area contributed by atoms with E-state index in [1.165, 1.54) is 40.2 Å². The first kappa shape index (κ1) is 20.2. The summed E-state index contributed by atoms with van der Waals surface area (Å²) in [6.07, 6.45) is 8.05. The zero-order chi connectivity index (χ0) is 21.4. The largest absolute Gasteiger partial charge is 0.325 e. The van der Waals surface area contributed by atoms with Gasteiger partial charge < -0.3 is 10.6 Å². The van der Waals surface area contributed by atoms with Gasteiger partial charge in [-0.05, 0) is 55.7 Å². The van der Waals surface area contributed by atoms with E-state index in [2.05, 4.69) is 33.8 Å². The monoisotopic (exact) mass is 438 g/mol. The number of amides is 4. The smallest absolute Gasteiger partial charge is 0.323 e. The maximum absolute atomic E-state index is 12.7. The molecule has 2 aliphatic carbocycles. The Morgan fingerprint density at radius 1 is 1.13 bits per heavy atom. The fourth-order valence-corrected chi connectivity index (χ4v) is 5.68. The Morgan fingerprint density at radius 3 is 2.71 bits per heavy atom. The molecule has 1 saturated carbocycles. The average Bonchev–Trinajstić information content (AvgIpc) is 3.48. The molecule has 1 aromatic heterocycles. The number of anilines is 1. The molecule has 2 aromatic rings. The number of nitrogens with one attached hydrogen (secondary N) is 2. The number of rotatable bonds is 5. The average molecular weight is 439 g/mol. The van der Waals surface area contributed by atoms with Crippen LogP contribution >= 0.6 is 11.3 Å². The van der Waals surface area contributed by atoms with Gasteiger partial charge in [0.15, 0.2) is 5.13 Å². The van der Waals surface area contributed by atoms with Gasteiger partial charge in [-0.1, -0.05) is 25.0 Å². The van der Waals surface area contributed by atoms with Gasteiger partial charge >= 0.3 is 6.03 Å². The van der Waals surface area contributed by atoms with Crippen molar-refractivity contribution in [2.24, 2.45) is 0 Å². The van der Waals surface area contributed by atoms with Crippen LogP contribution in [-0.2, 0) is 22.4 Å². The standard InChI is InChI=1S/C23H26N4O3S/c28-19(9-12-27-20(29)23(26-22(27)30)10-3-4-11-23)25-21-24-18(14-31-21)17-8-7-15-5-1-2-6-16(15)13-17/h7-8,13-14H,1-6,9-12H2,(H,26,30)(H,24,25,28). The van der Waals surface area contributed by atoms with E-state index in [1.54, 1.807) is 0 Å². The molecular weight excluding hydrogens is 412 g/mol. The number of carbonyl (C=O) groups excluding carboxylic acids is 3. The van der Waals surface area contributed by atoms with Gasteiger partial charge in [-0.2, -0.15) is 0 Å². The molecule has 3 aliphatic rings. The van der Waals surface area contributed by atoms with Crippen LogP contribution < -0.4 is 10.6 Å². The van der Waals surface area contributed by atoms with Gasteiger partial charge in [0.2, 0.25) is 5.91 Å². The molecule has 0 atom stereocenters. The van der Waals surface area contributed by atoms with Crippen molar-refractivity contribution < 1.29 is 14.4 Å². The van der Waals surface area contributed by atoms with Crippen molar-refractivity contribution in [1.82, 2.24) is 15.2 Å². The van der Waals surface area contributed by atoms with Gasteiger partial charge in [-0.25, -0.2) is 9.78 Å². The maximum atomic E-state index is 12.7. The van der Waals surface area contributed by atoms with Gasteiger partial charge in [-0.3, -0.25) is 14.5 Å². The normalized spacial score (nSPS) is 19.5. The number of thiazole rings is 1. The van der Waals surface area contributed by atoms with E-state index < -0.39 is 5.54 Å². The van der Waals surface area contributed by atoms with Crippen LogP contribution in [0.3, 0.4) is 0 Å². The van der Waals surface area contributed by atoms with Crippen LogP contribution in [0.5, 0.6) is 0 Å². The van der Waals surface area contributed by atoms with E-state index in [9.17, 15) is 14.4 Å². The molecule has 0 radical (unpaired) electrons. The van der Waals surface area contributed by atoms with Crippen LogP contribution in [0.15, 0.2) is 23.6 Å². The molecule has 2 fully saturated rings. The Balaban J connectivity index is 1.19. The number of fused-ring (bicyclic) bond motifs is 1. The fraction of sp³-hybridized carbons (Fsp3) is 0.478. The van der Waals surface area contributed by atoms with Crippen molar-refractivity contribution in [2.75, 3.05) is 11.9 Å². The predicted molar refractivity (Wildman–Crippen MR) is 119 cm³/mol. The van der Waals surface area contributed by atoms with Crippen molar-refractivity contribution >= 4 is 34.3 Å². The quantitative estimate of drug-likeness (QED) is 0.693. The van der Waals surface area contributed by atoms with E-state index in [4.69, 9.17) is 0 Å². The topological polar surface area (TPSA) is 91.4 Å². The lowest BCUT2D eigenvalue weighted by Crippen LogP contribution is -2.44. The van der Waals surface area contributed by atoms with Gasteiger partial charge in [-0.15, -0.1) is 11.3 Å². The fourth-order valence-electron chi connectivity index (χ4n) is 4.95. The van der Waals surface area contributed by atoms with Gasteiger partial charge in [0, 0.05) is 23.9 Å². The molecule has 8 heteroatoms. The Labute approximate surface area is 185 Å². The second kappa shape index (κ2) is 8.07. The van der Waals surface area contributed by atoms with E-state index >= 15 is 0 Å². The van der Waals surface area contributed by atoms with Gasteiger partial charge in [0.25, 0.3) is 5.91 Å². The summed E-state index contributed by atoms with van der Waals surface area (Å²) >= 11 is 1.38. The number of nitrogens with zero attached hydrogens (tertiary/aromatic N) is 2. The van der Waals surface area contributed by atoms with Crippen LogP contribution in [0.2, 0.25) is 0 Å². The van der Waals surface area contributed by atoms with Crippen molar-refractivity contribution in [3.63, 3.8) is 0 Å². The zero-order valence-electron chi connectivity index (χ0n) is 17.4. The van der Waals surface area contributed by atoms with E-state index in [0.29, 0.717) is 18.0 Å². The molecule has 31 heavy (non-hydrogen) atoms. The summed E-state index contributed by atoms with van der Waals surface area (Å²) in [5, 5.41) is 8.12. The molecule has 5 rings (SSSR count). The predicted octanol–water partition coefficient (Wildman–Crippen LogP) is 3.88. The number of hydrogen-bond acceptors (Lipinski definition) is 5. The molecule has 162 valence electrons. The second-order valence-electron chi connectivity index (χ2n) is 8.70. The van der Waals surface area contributed by atoms with E-state index in [0.717, 1.165) is 36.9 Å². The number of carbonyl (C=O) groups is 3. The molecule has 1 aliphatic heterocycles. The lowest BCUT2D eigenvalue weighted by Gasteiger charge is -2.19. The first-order valence-corrected chi connectivity index (χ1v) is 11.9. The minimum absolute atomic E-state index is 0.0585. The number of aryl methyl sites for hydroxylation is 2. The SMILES string of the molecule is O=C(CCN1C(=O)NC2(CCCC2)C1=O)Nc1nc(-c2ccc3c(c2)CCCC3)cs1. The molecule has 0 unspecified atom stereocenters. The zero-order valence-corrected chi connectivity index (χ0v) is 18.2. The summed E-state index contributed by atoms with van der Waals surface area (Å²) in [5.74, 6) is -0.439.